The number of benzene rings is 1. The fraction of sp³-hybridized carbons (Fsp3) is 0.429. The number of halogens is 1. The SMILES string of the molecule is CC(C)CC(=O)N1CCN(C(c2ccc(Cl)cc2)c2cccnc2)CC1. The topological polar surface area (TPSA) is 36.4 Å². The highest BCUT2D eigenvalue weighted by Gasteiger charge is 2.28. The van der Waals surface area contributed by atoms with Crippen LogP contribution in [0.1, 0.15) is 37.4 Å². The molecule has 0 saturated carbocycles. The fourth-order valence-corrected chi connectivity index (χ4v) is 3.63. The molecule has 2 heterocycles. The maximum Gasteiger partial charge on any atom is 0.222 e. The molecule has 3 rings (SSSR count). The average Bonchev–Trinajstić information content (AvgIpc) is 2.64. The van der Waals surface area contributed by atoms with Gasteiger partial charge < -0.3 is 4.90 Å². The van der Waals surface area contributed by atoms with Crippen molar-refractivity contribution in [2.75, 3.05) is 26.2 Å². The summed E-state index contributed by atoms with van der Waals surface area (Å²) in [6.45, 7) is 7.43. The van der Waals surface area contributed by atoms with E-state index in [9.17, 15) is 4.79 Å². The van der Waals surface area contributed by atoms with Crippen LogP contribution in [-0.2, 0) is 4.79 Å². The van der Waals surface area contributed by atoms with Crippen LogP contribution in [-0.4, -0.2) is 46.9 Å². The van der Waals surface area contributed by atoms with E-state index in [1.807, 2.05) is 29.3 Å². The minimum absolute atomic E-state index is 0.128. The minimum Gasteiger partial charge on any atom is -0.340 e. The van der Waals surface area contributed by atoms with Gasteiger partial charge in [0.2, 0.25) is 5.91 Å². The summed E-state index contributed by atoms with van der Waals surface area (Å²) in [4.78, 5) is 21.1. The molecule has 1 saturated heterocycles. The molecule has 1 fully saturated rings. The molecule has 0 radical (unpaired) electrons. The summed E-state index contributed by atoms with van der Waals surface area (Å²) in [7, 11) is 0. The van der Waals surface area contributed by atoms with E-state index in [0.29, 0.717) is 12.3 Å². The zero-order chi connectivity index (χ0) is 18.5. The van der Waals surface area contributed by atoms with Gasteiger partial charge in [0, 0.05) is 50.0 Å². The second-order valence-electron chi connectivity index (χ2n) is 7.26. The van der Waals surface area contributed by atoms with E-state index in [0.717, 1.165) is 36.8 Å². The lowest BCUT2D eigenvalue weighted by Crippen LogP contribution is -2.50. The first-order valence-corrected chi connectivity index (χ1v) is 9.59. The highest BCUT2D eigenvalue weighted by molar-refractivity contribution is 6.30. The number of rotatable bonds is 5. The first kappa shape index (κ1) is 18.9. The first-order valence-electron chi connectivity index (χ1n) is 9.22. The molecule has 26 heavy (non-hydrogen) atoms. The van der Waals surface area contributed by atoms with E-state index in [-0.39, 0.29) is 11.9 Å². The van der Waals surface area contributed by atoms with Crippen molar-refractivity contribution in [2.45, 2.75) is 26.3 Å². The van der Waals surface area contributed by atoms with Crippen LogP contribution >= 0.6 is 11.6 Å². The third-order valence-corrected chi connectivity index (χ3v) is 5.05. The number of amides is 1. The van der Waals surface area contributed by atoms with Gasteiger partial charge in [0.1, 0.15) is 0 Å². The number of hydrogen-bond acceptors (Lipinski definition) is 3. The summed E-state index contributed by atoms with van der Waals surface area (Å²) in [5, 5.41) is 0.739. The van der Waals surface area contributed by atoms with E-state index in [4.69, 9.17) is 11.6 Å². The zero-order valence-electron chi connectivity index (χ0n) is 15.4. The molecule has 5 heteroatoms. The summed E-state index contributed by atoms with van der Waals surface area (Å²) in [5.74, 6) is 0.668. The van der Waals surface area contributed by atoms with Crippen molar-refractivity contribution < 1.29 is 4.79 Å². The monoisotopic (exact) mass is 371 g/mol. The van der Waals surface area contributed by atoms with Crippen molar-refractivity contribution in [1.82, 2.24) is 14.8 Å². The van der Waals surface area contributed by atoms with Crippen LogP contribution in [0, 0.1) is 5.92 Å². The average molecular weight is 372 g/mol. The van der Waals surface area contributed by atoms with Crippen LogP contribution in [0.5, 0.6) is 0 Å². The maximum atomic E-state index is 12.3. The number of carbonyl (C=O) groups excluding carboxylic acids is 1. The molecule has 2 aromatic rings. The summed E-state index contributed by atoms with van der Waals surface area (Å²) in [6.07, 6.45) is 4.35. The second-order valence-corrected chi connectivity index (χ2v) is 7.69. The largest absolute Gasteiger partial charge is 0.340 e. The maximum absolute atomic E-state index is 12.3. The Morgan fingerprint density at radius 3 is 2.35 bits per heavy atom. The van der Waals surface area contributed by atoms with Crippen LogP contribution in [0.2, 0.25) is 5.02 Å². The summed E-state index contributed by atoms with van der Waals surface area (Å²) < 4.78 is 0. The standard InChI is InChI=1S/C21H26ClN3O/c1-16(2)14-20(26)24-10-12-25(13-11-24)21(18-4-3-9-23-15-18)17-5-7-19(22)8-6-17/h3-9,15-16,21H,10-14H2,1-2H3. The molecule has 0 aliphatic carbocycles. The molecule has 0 spiro atoms. The Morgan fingerprint density at radius 1 is 1.08 bits per heavy atom. The number of hydrogen-bond donors (Lipinski definition) is 0. The Balaban J connectivity index is 1.77. The highest BCUT2D eigenvalue weighted by atomic mass is 35.5. The van der Waals surface area contributed by atoms with Crippen molar-refractivity contribution in [3.63, 3.8) is 0 Å². The third kappa shape index (κ3) is 4.63. The molecule has 138 valence electrons. The summed E-state index contributed by atoms with van der Waals surface area (Å²) in [6, 6.07) is 12.2. The molecule has 1 amide bonds. The van der Waals surface area contributed by atoms with Gasteiger partial charge in [-0.25, -0.2) is 0 Å². The molecular weight excluding hydrogens is 346 g/mol. The number of pyridine rings is 1. The molecule has 0 bridgehead atoms. The first-order chi connectivity index (χ1) is 12.5. The van der Waals surface area contributed by atoms with Gasteiger partial charge in [-0.2, -0.15) is 0 Å². The normalized spacial score (nSPS) is 16.7. The fourth-order valence-electron chi connectivity index (χ4n) is 3.50. The Morgan fingerprint density at radius 2 is 1.77 bits per heavy atom. The van der Waals surface area contributed by atoms with Gasteiger partial charge in [0.05, 0.1) is 6.04 Å². The van der Waals surface area contributed by atoms with Crippen LogP contribution in [0.3, 0.4) is 0 Å². The number of carbonyl (C=O) groups is 1. The Hall–Kier alpha value is -1.91. The van der Waals surface area contributed by atoms with Gasteiger partial charge in [-0.3, -0.25) is 14.7 Å². The smallest absolute Gasteiger partial charge is 0.222 e. The molecule has 1 unspecified atom stereocenters. The lowest BCUT2D eigenvalue weighted by Gasteiger charge is -2.40. The third-order valence-electron chi connectivity index (χ3n) is 4.80. The minimum atomic E-state index is 0.128. The summed E-state index contributed by atoms with van der Waals surface area (Å²) in [5.41, 5.74) is 2.36. The lowest BCUT2D eigenvalue weighted by atomic mass is 9.97. The highest BCUT2D eigenvalue weighted by Crippen LogP contribution is 2.30. The Labute approximate surface area is 160 Å². The van der Waals surface area contributed by atoms with Crippen molar-refractivity contribution in [1.29, 1.82) is 0 Å². The number of nitrogens with zero attached hydrogens (tertiary/aromatic N) is 3. The van der Waals surface area contributed by atoms with Crippen molar-refractivity contribution in [3.8, 4) is 0 Å². The number of aromatic nitrogens is 1. The van der Waals surface area contributed by atoms with Gasteiger partial charge in [-0.1, -0.05) is 43.6 Å². The molecular formula is C21H26ClN3O. The van der Waals surface area contributed by atoms with Gasteiger partial charge in [0.15, 0.2) is 0 Å². The second kappa shape index (κ2) is 8.65. The molecule has 1 atom stereocenters. The molecule has 0 N–H and O–H groups in total. The molecule has 1 aromatic heterocycles. The van der Waals surface area contributed by atoms with Gasteiger partial charge in [0.25, 0.3) is 0 Å². The zero-order valence-corrected chi connectivity index (χ0v) is 16.2. The molecule has 1 aliphatic heterocycles. The van der Waals surface area contributed by atoms with Crippen molar-refractivity contribution in [3.05, 3.63) is 64.9 Å². The van der Waals surface area contributed by atoms with E-state index >= 15 is 0 Å². The van der Waals surface area contributed by atoms with Crippen LogP contribution in [0.25, 0.3) is 0 Å². The quantitative estimate of drug-likeness (QED) is 0.796. The molecule has 1 aromatic carbocycles. The van der Waals surface area contributed by atoms with Gasteiger partial charge >= 0.3 is 0 Å². The number of piperazine rings is 1. The van der Waals surface area contributed by atoms with E-state index < -0.39 is 0 Å². The van der Waals surface area contributed by atoms with E-state index in [1.165, 1.54) is 5.56 Å². The Bertz CT molecular complexity index is 710. The van der Waals surface area contributed by atoms with Crippen LogP contribution in [0.15, 0.2) is 48.8 Å². The van der Waals surface area contributed by atoms with E-state index in [2.05, 4.69) is 41.9 Å². The van der Waals surface area contributed by atoms with E-state index in [1.54, 1.807) is 6.20 Å². The summed E-state index contributed by atoms with van der Waals surface area (Å²) >= 11 is 6.07. The van der Waals surface area contributed by atoms with Crippen molar-refractivity contribution >= 4 is 17.5 Å². The molecule has 1 aliphatic rings. The molecule has 4 nitrogen and oxygen atoms in total. The lowest BCUT2D eigenvalue weighted by molar-refractivity contribution is -0.133. The predicted molar refractivity (Wildman–Crippen MR) is 105 cm³/mol. The Kier molecular flexibility index (Phi) is 6.28. The van der Waals surface area contributed by atoms with Crippen LogP contribution in [0.4, 0.5) is 0 Å². The van der Waals surface area contributed by atoms with Gasteiger partial charge in [-0.05, 0) is 35.2 Å². The predicted octanol–water partition coefficient (Wildman–Crippen LogP) is 4.01. The van der Waals surface area contributed by atoms with Crippen molar-refractivity contribution in [2.24, 2.45) is 5.92 Å². The van der Waals surface area contributed by atoms with Gasteiger partial charge in [-0.15, -0.1) is 0 Å². The van der Waals surface area contributed by atoms with Crippen LogP contribution < -0.4 is 0 Å².